The molecule has 1 heterocycles. The molecular weight excluding hydrogens is 114 g/mol. The van der Waals surface area contributed by atoms with Gasteiger partial charge in [0.05, 0.1) is 6.61 Å². The third-order valence-corrected chi connectivity index (χ3v) is 1.49. The van der Waals surface area contributed by atoms with E-state index < -0.39 is 0 Å². The van der Waals surface area contributed by atoms with Gasteiger partial charge in [-0.2, -0.15) is 0 Å². The maximum absolute atomic E-state index is 5.13. The van der Waals surface area contributed by atoms with Crippen LogP contribution in [-0.2, 0) is 4.74 Å². The molecule has 1 fully saturated rings. The molecule has 0 radical (unpaired) electrons. The summed E-state index contributed by atoms with van der Waals surface area (Å²) in [6, 6.07) is 0. The van der Waals surface area contributed by atoms with Crippen LogP contribution < -0.4 is 0 Å². The second kappa shape index (κ2) is 2.10. The molecule has 0 bridgehead atoms. The molecule has 52 valence electrons. The molecule has 0 aliphatic carbocycles. The van der Waals surface area contributed by atoms with Gasteiger partial charge in [0.1, 0.15) is 0 Å². The molecule has 2 heteroatoms. The second-order valence-corrected chi connectivity index (χ2v) is 2.99. The van der Waals surface area contributed by atoms with Crippen LogP contribution in [0.25, 0.3) is 0 Å². The molecule has 0 aromatic carbocycles. The quantitative estimate of drug-likeness (QED) is 0.416. The molecular formula is C7H13NO. The number of aliphatic imine (C=N–C) groups is 1. The minimum Gasteiger partial charge on any atom is -0.346 e. The fourth-order valence-electron chi connectivity index (χ4n) is 0.995. The lowest BCUT2D eigenvalue weighted by Gasteiger charge is -2.07. The first-order valence-corrected chi connectivity index (χ1v) is 3.30. The number of rotatable bonds is 3. The van der Waals surface area contributed by atoms with Gasteiger partial charge in [-0.3, -0.25) is 4.99 Å². The topological polar surface area (TPSA) is 24.9 Å². The van der Waals surface area contributed by atoms with Crippen molar-refractivity contribution < 1.29 is 4.74 Å². The van der Waals surface area contributed by atoms with Gasteiger partial charge in [0.2, 0.25) is 0 Å². The number of hydrogen-bond acceptors (Lipinski definition) is 2. The van der Waals surface area contributed by atoms with Crippen molar-refractivity contribution in [3.05, 3.63) is 0 Å². The molecule has 1 rings (SSSR count). The molecule has 0 aromatic rings. The van der Waals surface area contributed by atoms with Crippen molar-refractivity contribution in [3.63, 3.8) is 0 Å². The van der Waals surface area contributed by atoms with Gasteiger partial charge in [-0.15, -0.1) is 0 Å². The van der Waals surface area contributed by atoms with E-state index in [0.29, 0.717) is 5.92 Å². The van der Waals surface area contributed by atoms with Gasteiger partial charge >= 0.3 is 0 Å². The van der Waals surface area contributed by atoms with E-state index in [4.69, 9.17) is 4.74 Å². The zero-order chi connectivity index (χ0) is 6.91. The Hall–Kier alpha value is -0.370. The molecule has 0 spiro atoms. The first-order chi connectivity index (χ1) is 4.18. The lowest BCUT2D eigenvalue weighted by atomic mass is 10.1. The molecule has 0 saturated carbocycles. The van der Waals surface area contributed by atoms with Gasteiger partial charge in [0, 0.05) is 6.42 Å². The van der Waals surface area contributed by atoms with E-state index >= 15 is 0 Å². The summed E-state index contributed by atoms with van der Waals surface area (Å²) in [5, 5.41) is 0. The van der Waals surface area contributed by atoms with Crippen LogP contribution in [0, 0.1) is 5.92 Å². The van der Waals surface area contributed by atoms with Gasteiger partial charge < -0.3 is 4.74 Å². The van der Waals surface area contributed by atoms with Gasteiger partial charge in [0.15, 0.2) is 5.72 Å². The summed E-state index contributed by atoms with van der Waals surface area (Å²) in [5.74, 6) is 0.651. The normalized spacial score (nSPS) is 32.8. The van der Waals surface area contributed by atoms with Gasteiger partial charge in [-0.25, -0.2) is 0 Å². The average Bonchev–Trinajstić information content (AvgIpc) is 2.48. The molecule has 1 unspecified atom stereocenters. The predicted molar refractivity (Wildman–Crippen MR) is 37.7 cm³/mol. The van der Waals surface area contributed by atoms with E-state index in [1.165, 1.54) is 0 Å². The first kappa shape index (κ1) is 6.75. The molecule has 0 aromatic heterocycles. The maximum Gasteiger partial charge on any atom is 0.181 e. The molecule has 1 saturated heterocycles. The third kappa shape index (κ3) is 1.52. The highest BCUT2D eigenvalue weighted by molar-refractivity contribution is 5.26. The summed E-state index contributed by atoms with van der Waals surface area (Å²) in [4.78, 5) is 3.90. The monoisotopic (exact) mass is 127 g/mol. The number of ether oxygens (including phenoxy) is 1. The maximum atomic E-state index is 5.13. The van der Waals surface area contributed by atoms with Crippen molar-refractivity contribution in [2.75, 3.05) is 6.61 Å². The Balaban J connectivity index is 2.33. The van der Waals surface area contributed by atoms with Crippen molar-refractivity contribution >= 4 is 6.72 Å². The predicted octanol–water partition coefficient (Wildman–Crippen LogP) is 1.46. The van der Waals surface area contributed by atoms with E-state index in [1.807, 2.05) is 0 Å². The van der Waals surface area contributed by atoms with Crippen LogP contribution in [0.4, 0.5) is 0 Å². The Morgan fingerprint density at radius 3 is 2.44 bits per heavy atom. The standard InChI is InChI=1S/C7H13NO/c1-6(2)4-7(8-3)5-9-7/h6H,3-5H2,1-2H3. The molecule has 0 N–H and O–H groups in total. The van der Waals surface area contributed by atoms with Gasteiger partial charge in [-0.05, 0) is 12.6 Å². The van der Waals surface area contributed by atoms with E-state index in [2.05, 4.69) is 25.6 Å². The van der Waals surface area contributed by atoms with Crippen LogP contribution in [0.15, 0.2) is 4.99 Å². The molecule has 0 amide bonds. The van der Waals surface area contributed by atoms with Crippen LogP contribution in [0.1, 0.15) is 20.3 Å². The SMILES string of the molecule is C=NC1(CC(C)C)CO1. The highest BCUT2D eigenvalue weighted by Gasteiger charge is 2.43. The number of nitrogens with zero attached hydrogens (tertiary/aromatic N) is 1. The van der Waals surface area contributed by atoms with Crippen LogP contribution in [0.3, 0.4) is 0 Å². The molecule has 1 atom stereocenters. The van der Waals surface area contributed by atoms with Crippen LogP contribution in [0.2, 0.25) is 0 Å². The van der Waals surface area contributed by atoms with Gasteiger partial charge in [0.25, 0.3) is 0 Å². The Bertz CT molecular complexity index is 116. The largest absolute Gasteiger partial charge is 0.346 e. The van der Waals surface area contributed by atoms with Crippen molar-refractivity contribution in [2.24, 2.45) is 10.9 Å². The lowest BCUT2D eigenvalue weighted by molar-refractivity contribution is 0.274. The highest BCUT2D eigenvalue weighted by atomic mass is 16.6. The van der Waals surface area contributed by atoms with E-state index in [9.17, 15) is 0 Å². The van der Waals surface area contributed by atoms with Crippen LogP contribution in [0.5, 0.6) is 0 Å². The smallest absolute Gasteiger partial charge is 0.181 e. The van der Waals surface area contributed by atoms with Crippen molar-refractivity contribution in [1.29, 1.82) is 0 Å². The molecule has 9 heavy (non-hydrogen) atoms. The average molecular weight is 127 g/mol. The number of epoxide rings is 1. The highest BCUT2D eigenvalue weighted by Crippen LogP contribution is 2.34. The Morgan fingerprint density at radius 1 is 1.78 bits per heavy atom. The second-order valence-electron chi connectivity index (χ2n) is 2.99. The van der Waals surface area contributed by atoms with E-state index in [-0.39, 0.29) is 5.72 Å². The summed E-state index contributed by atoms with van der Waals surface area (Å²) in [6.07, 6.45) is 1.01. The lowest BCUT2D eigenvalue weighted by Crippen LogP contribution is -2.09. The number of hydrogen-bond donors (Lipinski definition) is 0. The van der Waals surface area contributed by atoms with E-state index in [0.717, 1.165) is 13.0 Å². The summed E-state index contributed by atoms with van der Waals surface area (Å²) >= 11 is 0. The zero-order valence-corrected chi connectivity index (χ0v) is 6.05. The van der Waals surface area contributed by atoms with Crippen molar-refractivity contribution in [2.45, 2.75) is 26.0 Å². The van der Waals surface area contributed by atoms with E-state index in [1.54, 1.807) is 0 Å². The first-order valence-electron chi connectivity index (χ1n) is 3.30. The van der Waals surface area contributed by atoms with Crippen molar-refractivity contribution in [1.82, 2.24) is 0 Å². The fraction of sp³-hybridized carbons (Fsp3) is 0.857. The summed E-state index contributed by atoms with van der Waals surface area (Å²) in [5.41, 5.74) is -0.172. The Kier molecular flexibility index (Phi) is 1.58. The van der Waals surface area contributed by atoms with Crippen LogP contribution >= 0.6 is 0 Å². The fourth-order valence-corrected chi connectivity index (χ4v) is 0.995. The zero-order valence-electron chi connectivity index (χ0n) is 6.05. The Morgan fingerprint density at radius 2 is 2.33 bits per heavy atom. The summed E-state index contributed by atoms with van der Waals surface area (Å²) in [6.45, 7) is 8.57. The third-order valence-electron chi connectivity index (χ3n) is 1.49. The summed E-state index contributed by atoms with van der Waals surface area (Å²) < 4.78 is 5.13. The molecule has 2 nitrogen and oxygen atoms in total. The minimum atomic E-state index is -0.172. The molecule has 1 aliphatic heterocycles. The Labute approximate surface area is 55.9 Å². The van der Waals surface area contributed by atoms with Gasteiger partial charge in [-0.1, -0.05) is 13.8 Å². The van der Waals surface area contributed by atoms with Crippen LogP contribution in [-0.4, -0.2) is 19.0 Å². The minimum absolute atomic E-state index is 0.172. The molecule has 1 aliphatic rings. The van der Waals surface area contributed by atoms with Crippen molar-refractivity contribution in [3.8, 4) is 0 Å². The summed E-state index contributed by atoms with van der Waals surface area (Å²) in [7, 11) is 0.